The molecule has 0 radical (unpaired) electrons. The molecule has 1 amide bonds. The van der Waals surface area contributed by atoms with Crippen molar-refractivity contribution in [2.24, 2.45) is 0 Å². The fourth-order valence-electron chi connectivity index (χ4n) is 1.54. The molecule has 94 valence electrons. The number of hydrogen-bond donors (Lipinski definition) is 2. The molecule has 0 bridgehead atoms. The normalized spacial score (nSPS) is 10.4. The highest BCUT2D eigenvalue weighted by Gasteiger charge is 2.15. The van der Waals surface area contributed by atoms with Crippen LogP contribution in [0.3, 0.4) is 0 Å². The third-order valence-electron chi connectivity index (χ3n) is 2.62. The maximum atomic E-state index is 12.1. The molecule has 2 rings (SSSR count). The molecule has 1 aromatic carbocycles. The molecule has 18 heavy (non-hydrogen) atoms. The number of anilines is 2. The molecule has 2 aromatic rings. The molecule has 0 aliphatic carbocycles. The van der Waals surface area contributed by atoms with Gasteiger partial charge in [0.25, 0.3) is 5.91 Å². The highest BCUT2D eigenvalue weighted by atomic mass is 35.5. The Balaban J connectivity index is 2.27. The lowest BCUT2D eigenvalue weighted by molar-refractivity contribution is 0.103. The summed E-state index contributed by atoms with van der Waals surface area (Å²) >= 11 is 7.40. The molecule has 0 atom stereocenters. The van der Waals surface area contributed by atoms with Crippen LogP contribution in [0.4, 0.5) is 11.4 Å². The van der Waals surface area contributed by atoms with Crippen LogP contribution in [0.1, 0.15) is 20.8 Å². The average molecular weight is 281 g/mol. The molecule has 1 heterocycles. The van der Waals surface area contributed by atoms with Crippen molar-refractivity contribution < 1.29 is 4.79 Å². The van der Waals surface area contributed by atoms with Crippen LogP contribution in [-0.4, -0.2) is 5.91 Å². The summed E-state index contributed by atoms with van der Waals surface area (Å²) in [7, 11) is 0. The average Bonchev–Trinajstić information content (AvgIpc) is 2.65. The number of thiophene rings is 1. The van der Waals surface area contributed by atoms with Gasteiger partial charge in [-0.25, -0.2) is 0 Å². The summed E-state index contributed by atoms with van der Waals surface area (Å²) in [4.78, 5) is 12.6. The fraction of sp³-hybridized carbons (Fsp3) is 0.154. The Morgan fingerprint density at radius 1 is 1.33 bits per heavy atom. The first-order valence-corrected chi connectivity index (χ1v) is 6.66. The molecular weight excluding hydrogens is 268 g/mol. The minimum atomic E-state index is -0.202. The summed E-state index contributed by atoms with van der Waals surface area (Å²) in [5.41, 5.74) is 8.90. The Hall–Kier alpha value is -1.52. The number of carbonyl (C=O) groups excluding carboxylic acids is 1. The maximum absolute atomic E-state index is 12.1. The molecule has 3 nitrogen and oxygen atoms in total. The summed E-state index contributed by atoms with van der Waals surface area (Å²) < 4.78 is 0. The van der Waals surface area contributed by atoms with E-state index in [1.54, 1.807) is 12.1 Å². The van der Waals surface area contributed by atoms with E-state index in [0.29, 0.717) is 21.3 Å². The van der Waals surface area contributed by atoms with Crippen molar-refractivity contribution in [1.29, 1.82) is 0 Å². The van der Waals surface area contributed by atoms with Crippen molar-refractivity contribution in [2.45, 2.75) is 13.8 Å². The summed E-state index contributed by atoms with van der Waals surface area (Å²) in [6, 6.07) is 5.40. The van der Waals surface area contributed by atoms with E-state index in [0.717, 1.165) is 11.1 Å². The lowest BCUT2D eigenvalue weighted by Gasteiger charge is -2.08. The number of rotatable bonds is 2. The first-order valence-electron chi connectivity index (χ1n) is 5.40. The molecule has 0 unspecified atom stereocenters. The minimum Gasteiger partial charge on any atom is -0.399 e. The van der Waals surface area contributed by atoms with E-state index in [1.165, 1.54) is 11.3 Å². The van der Waals surface area contributed by atoms with Gasteiger partial charge >= 0.3 is 0 Å². The maximum Gasteiger partial charge on any atom is 0.267 e. The second-order valence-electron chi connectivity index (χ2n) is 4.09. The van der Waals surface area contributed by atoms with Gasteiger partial charge in [-0.15, -0.1) is 11.3 Å². The molecule has 1 aromatic heterocycles. The third kappa shape index (κ3) is 2.49. The zero-order chi connectivity index (χ0) is 13.3. The second-order valence-corrected chi connectivity index (χ2v) is 5.35. The number of halogens is 1. The van der Waals surface area contributed by atoms with Crippen LogP contribution in [-0.2, 0) is 0 Å². The van der Waals surface area contributed by atoms with Gasteiger partial charge in [0, 0.05) is 11.4 Å². The number of nitrogens with one attached hydrogen (secondary N) is 1. The molecule has 0 fully saturated rings. The van der Waals surface area contributed by atoms with Crippen LogP contribution >= 0.6 is 22.9 Å². The fourth-order valence-corrected chi connectivity index (χ4v) is 2.71. The predicted molar refractivity (Wildman–Crippen MR) is 77.6 cm³/mol. The Bertz CT molecular complexity index is 607. The van der Waals surface area contributed by atoms with Crippen LogP contribution < -0.4 is 11.1 Å². The largest absolute Gasteiger partial charge is 0.399 e. The van der Waals surface area contributed by atoms with Gasteiger partial charge in [0.1, 0.15) is 4.88 Å². The SMILES string of the molecule is Cc1ccc(N)cc1NC(=O)c1scc(C)c1Cl. The zero-order valence-electron chi connectivity index (χ0n) is 10.1. The van der Waals surface area contributed by atoms with Crippen LogP contribution in [0.5, 0.6) is 0 Å². The van der Waals surface area contributed by atoms with Crippen molar-refractivity contribution in [2.75, 3.05) is 11.1 Å². The Kier molecular flexibility index (Phi) is 3.59. The van der Waals surface area contributed by atoms with Gasteiger partial charge in [0.15, 0.2) is 0 Å². The van der Waals surface area contributed by atoms with E-state index in [9.17, 15) is 4.79 Å². The molecule has 0 aliphatic rings. The van der Waals surface area contributed by atoms with Gasteiger partial charge in [0.2, 0.25) is 0 Å². The first-order chi connectivity index (χ1) is 8.49. The highest BCUT2D eigenvalue weighted by molar-refractivity contribution is 7.13. The lowest BCUT2D eigenvalue weighted by Crippen LogP contribution is -2.12. The summed E-state index contributed by atoms with van der Waals surface area (Å²) in [5, 5.41) is 5.21. The van der Waals surface area contributed by atoms with E-state index in [2.05, 4.69) is 5.32 Å². The summed E-state index contributed by atoms with van der Waals surface area (Å²) in [5.74, 6) is -0.202. The quantitative estimate of drug-likeness (QED) is 0.821. The number of nitrogen functional groups attached to an aromatic ring is 1. The number of carbonyl (C=O) groups is 1. The van der Waals surface area contributed by atoms with E-state index < -0.39 is 0 Å². The number of nitrogens with two attached hydrogens (primary N) is 1. The monoisotopic (exact) mass is 280 g/mol. The van der Waals surface area contributed by atoms with Gasteiger partial charge in [-0.1, -0.05) is 17.7 Å². The molecule has 0 spiro atoms. The smallest absolute Gasteiger partial charge is 0.267 e. The molecule has 0 saturated heterocycles. The van der Waals surface area contributed by atoms with Gasteiger partial charge in [-0.2, -0.15) is 0 Å². The van der Waals surface area contributed by atoms with E-state index >= 15 is 0 Å². The standard InChI is InChI=1S/C13H13ClN2OS/c1-7-3-4-9(15)5-10(7)16-13(17)12-11(14)8(2)6-18-12/h3-6H,15H2,1-2H3,(H,16,17). The topological polar surface area (TPSA) is 55.1 Å². The van der Waals surface area contributed by atoms with Crippen molar-refractivity contribution >= 4 is 40.2 Å². The van der Waals surface area contributed by atoms with Gasteiger partial charge in [0.05, 0.1) is 5.02 Å². The minimum absolute atomic E-state index is 0.202. The van der Waals surface area contributed by atoms with Gasteiger partial charge in [-0.3, -0.25) is 4.79 Å². The Morgan fingerprint density at radius 3 is 2.67 bits per heavy atom. The van der Waals surface area contributed by atoms with Crippen LogP contribution in [0.25, 0.3) is 0 Å². The number of amides is 1. The van der Waals surface area contributed by atoms with E-state index in [4.69, 9.17) is 17.3 Å². The Labute approximate surface area is 115 Å². The molecule has 3 N–H and O–H groups in total. The highest BCUT2D eigenvalue weighted by Crippen LogP contribution is 2.28. The van der Waals surface area contributed by atoms with E-state index in [-0.39, 0.29) is 5.91 Å². The van der Waals surface area contributed by atoms with Crippen molar-refractivity contribution in [3.8, 4) is 0 Å². The number of hydrogen-bond acceptors (Lipinski definition) is 3. The van der Waals surface area contributed by atoms with Crippen LogP contribution in [0.2, 0.25) is 5.02 Å². The molecule has 0 aliphatic heterocycles. The second kappa shape index (κ2) is 5.00. The molecule has 5 heteroatoms. The number of benzene rings is 1. The lowest BCUT2D eigenvalue weighted by atomic mass is 10.2. The first kappa shape index (κ1) is 12.9. The van der Waals surface area contributed by atoms with Crippen molar-refractivity contribution in [3.63, 3.8) is 0 Å². The Morgan fingerprint density at radius 2 is 2.06 bits per heavy atom. The predicted octanol–water partition coefficient (Wildman–Crippen LogP) is 3.85. The van der Waals surface area contributed by atoms with Crippen molar-refractivity contribution in [3.05, 3.63) is 44.6 Å². The zero-order valence-corrected chi connectivity index (χ0v) is 11.7. The van der Waals surface area contributed by atoms with Gasteiger partial charge < -0.3 is 11.1 Å². The van der Waals surface area contributed by atoms with Crippen molar-refractivity contribution in [1.82, 2.24) is 0 Å². The third-order valence-corrected chi connectivity index (χ3v) is 4.31. The molecule has 0 saturated carbocycles. The van der Waals surface area contributed by atoms with Crippen LogP contribution in [0, 0.1) is 13.8 Å². The van der Waals surface area contributed by atoms with Gasteiger partial charge in [-0.05, 0) is 42.5 Å². The van der Waals surface area contributed by atoms with Crippen LogP contribution in [0.15, 0.2) is 23.6 Å². The number of aryl methyl sites for hydroxylation is 2. The summed E-state index contributed by atoms with van der Waals surface area (Å²) in [6.07, 6.45) is 0. The molecular formula is C13H13ClN2OS. The summed E-state index contributed by atoms with van der Waals surface area (Å²) in [6.45, 7) is 3.79. The van der Waals surface area contributed by atoms with E-state index in [1.807, 2.05) is 25.3 Å².